The molecular formula is C22H19ClFN3O3S. The minimum atomic E-state index is -1.32. The minimum Gasteiger partial charge on any atom is -0.324 e. The Morgan fingerprint density at radius 1 is 1.16 bits per heavy atom. The van der Waals surface area contributed by atoms with Gasteiger partial charge in [0, 0.05) is 17.3 Å². The zero-order chi connectivity index (χ0) is 21.9. The molecule has 5 rings (SSSR count). The van der Waals surface area contributed by atoms with Crippen LogP contribution in [-0.4, -0.2) is 35.8 Å². The zero-order valence-corrected chi connectivity index (χ0v) is 18.1. The second-order valence-corrected chi connectivity index (χ2v) is 9.35. The van der Waals surface area contributed by atoms with Crippen molar-refractivity contribution in [2.75, 3.05) is 22.2 Å². The van der Waals surface area contributed by atoms with Gasteiger partial charge in [0.05, 0.1) is 22.5 Å². The van der Waals surface area contributed by atoms with Crippen LogP contribution in [0.15, 0.2) is 42.5 Å². The first-order chi connectivity index (χ1) is 14.9. The van der Waals surface area contributed by atoms with E-state index in [0.29, 0.717) is 17.7 Å². The molecule has 160 valence electrons. The summed E-state index contributed by atoms with van der Waals surface area (Å²) in [5.41, 5.74) is 0.186. The van der Waals surface area contributed by atoms with Crippen LogP contribution in [0.3, 0.4) is 0 Å². The summed E-state index contributed by atoms with van der Waals surface area (Å²) in [5, 5.41) is 6.07. The van der Waals surface area contributed by atoms with Crippen molar-refractivity contribution in [2.45, 2.75) is 18.0 Å². The molecular weight excluding hydrogens is 441 g/mol. The number of anilines is 2. The molecule has 0 aliphatic carbocycles. The van der Waals surface area contributed by atoms with Gasteiger partial charge >= 0.3 is 0 Å². The number of hydrogen-bond donors (Lipinski definition) is 2. The van der Waals surface area contributed by atoms with E-state index in [1.807, 2.05) is 24.5 Å². The van der Waals surface area contributed by atoms with Gasteiger partial charge in [-0.3, -0.25) is 19.7 Å². The number of thioether (sulfide) groups is 1. The van der Waals surface area contributed by atoms with Gasteiger partial charge in [-0.2, -0.15) is 11.8 Å². The summed E-state index contributed by atoms with van der Waals surface area (Å²) >= 11 is 7.55. The monoisotopic (exact) mass is 459 g/mol. The van der Waals surface area contributed by atoms with Crippen LogP contribution in [-0.2, 0) is 19.9 Å². The molecule has 2 saturated heterocycles. The summed E-state index contributed by atoms with van der Waals surface area (Å²) in [7, 11) is 0. The number of rotatable bonds is 4. The molecule has 2 fully saturated rings. The van der Waals surface area contributed by atoms with E-state index in [-0.39, 0.29) is 22.7 Å². The number of hydrogen-bond acceptors (Lipinski definition) is 5. The van der Waals surface area contributed by atoms with Crippen molar-refractivity contribution in [2.24, 2.45) is 11.8 Å². The van der Waals surface area contributed by atoms with Crippen LogP contribution in [0.1, 0.15) is 12.0 Å². The van der Waals surface area contributed by atoms with Gasteiger partial charge in [-0.1, -0.05) is 29.8 Å². The Bertz CT molecular complexity index is 1130. The standard InChI is InChI=1S/C22H19ClFN3O3S/c1-31-9-8-16-17-18(22(26-16)12-4-2-3-5-15(12)25-21(22)30)20(29)27(19(17)28)11-6-7-14(24)13(23)10-11/h2-7,10,16-18,26H,8-9H2,1H3,(H,25,30). The molecule has 31 heavy (non-hydrogen) atoms. The third kappa shape index (κ3) is 2.78. The van der Waals surface area contributed by atoms with Gasteiger partial charge in [-0.25, -0.2) is 9.29 Å². The van der Waals surface area contributed by atoms with Crippen LogP contribution < -0.4 is 15.5 Å². The van der Waals surface area contributed by atoms with E-state index >= 15 is 0 Å². The zero-order valence-electron chi connectivity index (χ0n) is 16.5. The summed E-state index contributed by atoms with van der Waals surface area (Å²) in [6, 6.07) is 10.6. The number of nitrogens with zero attached hydrogens (tertiary/aromatic N) is 1. The Morgan fingerprint density at radius 3 is 2.68 bits per heavy atom. The van der Waals surface area contributed by atoms with Gasteiger partial charge in [0.15, 0.2) is 0 Å². The largest absolute Gasteiger partial charge is 0.324 e. The number of imide groups is 1. The smallest absolute Gasteiger partial charge is 0.250 e. The fraction of sp³-hybridized carbons (Fsp3) is 0.318. The quantitative estimate of drug-likeness (QED) is 0.687. The number of para-hydroxylation sites is 1. The van der Waals surface area contributed by atoms with Crippen molar-refractivity contribution in [3.8, 4) is 0 Å². The molecule has 2 N–H and O–H groups in total. The fourth-order valence-electron chi connectivity index (χ4n) is 5.13. The van der Waals surface area contributed by atoms with Crippen molar-refractivity contribution in [1.82, 2.24) is 5.32 Å². The molecule has 3 heterocycles. The van der Waals surface area contributed by atoms with Gasteiger partial charge in [0.2, 0.25) is 17.7 Å². The normalized spacial score (nSPS) is 28.9. The molecule has 2 aromatic carbocycles. The highest BCUT2D eigenvalue weighted by atomic mass is 35.5. The second-order valence-electron chi connectivity index (χ2n) is 7.95. The molecule has 0 bridgehead atoms. The number of benzene rings is 2. The molecule has 0 radical (unpaired) electrons. The van der Waals surface area contributed by atoms with Crippen LogP contribution in [0.4, 0.5) is 15.8 Å². The Hall–Kier alpha value is -2.42. The SMILES string of the molecule is CSCCC1NC2(C(=O)Nc3ccccc32)C2C(=O)N(c3ccc(F)c(Cl)c3)C(=O)C12. The number of carbonyl (C=O) groups is 3. The van der Waals surface area contributed by atoms with Gasteiger partial charge in [-0.15, -0.1) is 0 Å². The van der Waals surface area contributed by atoms with Gasteiger partial charge in [-0.05, 0) is 42.7 Å². The average Bonchev–Trinajstić information content (AvgIpc) is 3.33. The summed E-state index contributed by atoms with van der Waals surface area (Å²) in [6.45, 7) is 0. The maximum absolute atomic E-state index is 13.7. The number of carbonyl (C=O) groups excluding carboxylic acids is 3. The predicted octanol–water partition coefficient (Wildman–Crippen LogP) is 3.16. The molecule has 0 saturated carbocycles. The van der Waals surface area contributed by atoms with Gasteiger partial charge < -0.3 is 5.32 Å². The highest BCUT2D eigenvalue weighted by Crippen LogP contribution is 2.54. The molecule has 1 spiro atoms. The summed E-state index contributed by atoms with van der Waals surface area (Å²) in [6.07, 6.45) is 2.59. The van der Waals surface area contributed by atoms with Crippen LogP contribution in [0.25, 0.3) is 0 Å². The summed E-state index contributed by atoms with van der Waals surface area (Å²) in [5.74, 6) is -2.70. The number of fused-ring (bicyclic) bond motifs is 4. The molecule has 3 aliphatic heterocycles. The predicted molar refractivity (Wildman–Crippen MR) is 118 cm³/mol. The molecule has 4 atom stereocenters. The molecule has 2 aromatic rings. The van der Waals surface area contributed by atoms with Crippen molar-refractivity contribution in [1.29, 1.82) is 0 Å². The Kier molecular flexibility index (Phi) is 4.84. The lowest BCUT2D eigenvalue weighted by molar-refractivity contribution is -0.130. The Morgan fingerprint density at radius 2 is 1.94 bits per heavy atom. The lowest BCUT2D eigenvalue weighted by Crippen LogP contribution is -2.53. The lowest BCUT2D eigenvalue weighted by Gasteiger charge is -2.29. The third-order valence-electron chi connectivity index (χ3n) is 6.42. The minimum absolute atomic E-state index is 0.175. The molecule has 0 aromatic heterocycles. The first-order valence-corrected chi connectivity index (χ1v) is 11.7. The summed E-state index contributed by atoms with van der Waals surface area (Å²) in [4.78, 5) is 41.5. The van der Waals surface area contributed by atoms with E-state index in [1.54, 1.807) is 17.8 Å². The maximum atomic E-state index is 13.7. The van der Waals surface area contributed by atoms with Crippen molar-refractivity contribution >= 4 is 52.5 Å². The van der Waals surface area contributed by atoms with E-state index in [0.717, 1.165) is 16.7 Å². The first kappa shape index (κ1) is 20.5. The van der Waals surface area contributed by atoms with Crippen LogP contribution in [0, 0.1) is 17.7 Å². The van der Waals surface area contributed by atoms with Crippen molar-refractivity contribution in [3.63, 3.8) is 0 Å². The Balaban J connectivity index is 1.65. The second kappa shape index (κ2) is 7.32. The average molecular weight is 460 g/mol. The van der Waals surface area contributed by atoms with Crippen molar-refractivity contribution < 1.29 is 18.8 Å². The van der Waals surface area contributed by atoms with E-state index < -0.39 is 35.0 Å². The maximum Gasteiger partial charge on any atom is 0.250 e. The number of amides is 3. The van der Waals surface area contributed by atoms with E-state index in [1.165, 1.54) is 12.1 Å². The van der Waals surface area contributed by atoms with E-state index in [9.17, 15) is 18.8 Å². The van der Waals surface area contributed by atoms with E-state index in [4.69, 9.17) is 11.6 Å². The van der Waals surface area contributed by atoms with Crippen molar-refractivity contribution in [3.05, 3.63) is 58.9 Å². The number of halogens is 2. The molecule has 6 nitrogen and oxygen atoms in total. The van der Waals surface area contributed by atoms with Crippen LogP contribution in [0.5, 0.6) is 0 Å². The molecule has 3 aliphatic rings. The topological polar surface area (TPSA) is 78.5 Å². The molecule has 9 heteroatoms. The van der Waals surface area contributed by atoms with Gasteiger partial charge in [0.1, 0.15) is 11.4 Å². The highest BCUT2D eigenvalue weighted by molar-refractivity contribution is 7.98. The third-order valence-corrected chi connectivity index (χ3v) is 7.35. The fourth-order valence-corrected chi connectivity index (χ4v) is 5.79. The number of nitrogens with one attached hydrogen (secondary N) is 2. The van der Waals surface area contributed by atoms with Crippen LogP contribution >= 0.6 is 23.4 Å². The van der Waals surface area contributed by atoms with E-state index in [2.05, 4.69) is 10.6 Å². The molecule has 3 amide bonds. The van der Waals surface area contributed by atoms with Crippen LogP contribution in [0.2, 0.25) is 5.02 Å². The Labute approximate surface area is 187 Å². The first-order valence-electron chi connectivity index (χ1n) is 9.90. The highest BCUT2D eigenvalue weighted by Gasteiger charge is 2.70. The molecule has 4 unspecified atom stereocenters. The van der Waals surface area contributed by atoms with Gasteiger partial charge in [0.25, 0.3) is 0 Å². The summed E-state index contributed by atoms with van der Waals surface area (Å²) < 4.78 is 13.7. The lowest BCUT2D eigenvalue weighted by atomic mass is 9.76.